The van der Waals surface area contributed by atoms with E-state index in [0.717, 1.165) is 6.07 Å². The van der Waals surface area contributed by atoms with Crippen LogP contribution in [-0.2, 0) is 5.54 Å². The molecule has 0 unspecified atom stereocenters. The van der Waals surface area contributed by atoms with E-state index in [4.69, 9.17) is 10.5 Å². The van der Waals surface area contributed by atoms with Crippen LogP contribution in [0.25, 0.3) is 0 Å². The third-order valence-electron chi connectivity index (χ3n) is 2.88. The Hall–Kier alpha value is -1.30. The van der Waals surface area contributed by atoms with Gasteiger partial charge in [0.05, 0.1) is 18.2 Å². The number of rotatable bonds is 2. The van der Waals surface area contributed by atoms with E-state index >= 15 is 0 Å². The third-order valence-corrected chi connectivity index (χ3v) is 2.88. The van der Waals surface area contributed by atoms with Crippen LogP contribution >= 0.6 is 0 Å². The van der Waals surface area contributed by atoms with Gasteiger partial charge in [-0.25, -0.2) is 17.6 Å². The monoisotopic (exact) mass is 249 g/mol. The number of benzene rings is 1. The van der Waals surface area contributed by atoms with Gasteiger partial charge in [-0.3, -0.25) is 0 Å². The van der Waals surface area contributed by atoms with E-state index in [-0.39, 0.29) is 11.3 Å². The Kier molecular flexibility index (Phi) is 2.57. The van der Waals surface area contributed by atoms with Gasteiger partial charge < -0.3 is 10.5 Å². The van der Waals surface area contributed by atoms with E-state index < -0.39 is 35.9 Å². The molecule has 1 saturated carbocycles. The molecule has 0 aromatic heterocycles. The zero-order chi connectivity index (χ0) is 12.8. The SMILES string of the molecule is COc1cc(F)cc(F)c1C1(N)CC(F)(F)C1. The molecule has 2 nitrogen and oxygen atoms in total. The van der Waals surface area contributed by atoms with Gasteiger partial charge in [-0.2, -0.15) is 0 Å². The molecule has 0 amide bonds. The van der Waals surface area contributed by atoms with Crippen molar-refractivity contribution >= 4 is 0 Å². The van der Waals surface area contributed by atoms with Crippen LogP contribution in [0.5, 0.6) is 5.75 Å². The summed E-state index contributed by atoms with van der Waals surface area (Å²) >= 11 is 0. The molecule has 94 valence electrons. The fourth-order valence-corrected chi connectivity index (χ4v) is 2.24. The molecule has 1 aromatic rings. The largest absolute Gasteiger partial charge is 0.496 e. The Morgan fingerprint density at radius 1 is 1.24 bits per heavy atom. The van der Waals surface area contributed by atoms with Crippen molar-refractivity contribution in [3.63, 3.8) is 0 Å². The highest BCUT2D eigenvalue weighted by Gasteiger charge is 2.57. The summed E-state index contributed by atoms with van der Waals surface area (Å²) in [5, 5.41) is 0. The van der Waals surface area contributed by atoms with Gasteiger partial charge in [-0.15, -0.1) is 0 Å². The highest BCUT2D eigenvalue weighted by Crippen LogP contribution is 2.52. The lowest BCUT2D eigenvalue weighted by atomic mass is 9.69. The van der Waals surface area contributed by atoms with Crippen molar-refractivity contribution in [2.75, 3.05) is 7.11 Å². The molecule has 0 bridgehead atoms. The fraction of sp³-hybridized carbons (Fsp3) is 0.455. The molecule has 17 heavy (non-hydrogen) atoms. The standard InChI is InChI=1S/C11H11F4NO/c1-17-8-3-6(12)2-7(13)9(8)10(16)4-11(14,15)5-10/h2-3H,4-5,16H2,1H3. The minimum atomic E-state index is -2.90. The third kappa shape index (κ3) is 1.97. The topological polar surface area (TPSA) is 35.2 Å². The average Bonchev–Trinajstić information content (AvgIpc) is 2.12. The molecule has 1 aliphatic rings. The Balaban J connectivity index is 2.46. The van der Waals surface area contributed by atoms with E-state index in [0.29, 0.717) is 6.07 Å². The lowest BCUT2D eigenvalue weighted by molar-refractivity contribution is -0.126. The minimum absolute atomic E-state index is 0.138. The van der Waals surface area contributed by atoms with Crippen LogP contribution < -0.4 is 10.5 Å². The summed E-state index contributed by atoms with van der Waals surface area (Å²) in [6.45, 7) is 0. The molecule has 1 aromatic carbocycles. The van der Waals surface area contributed by atoms with Crippen LogP contribution in [0.15, 0.2) is 12.1 Å². The second kappa shape index (κ2) is 3.60. The van der Waals surface area contributed by atoms with E-state index in [1.165, 1.54) is 7.11 Å². The van der Waals surface area contributed by atoms with Gasteiger partial charge in [0.25, 0.3) is 5.92 Å². The van der Waals surface area contributed by atoms with Crippen LogP contribution in [-0.4, -0.2) is 13.0 Å². The van der Waals surface area contributed by atoms with Gasteiger partial charge in [0.1, 0.15) is 17.4 Å². The maximum Gasteiger partial charge on any atom is 0.252 e. The molecule has 0 atom stereocenters. The molecule has 1 aliphatic carbocycles. The number of hydrogen-bond acceptors (Lipinski definition) is 2. The molecule has 2 rings (SSSR count). The van der Waals surface area contributed by atoms with E-state index in [1.807, 2.05) is 0 Å². The predicted molar refractivity (Wildman–Crippen MR) is 53.0 cm³/mol. The van der Waals surface area contributed by atoms with Gasteiger partial charge in [-0.1, -0.05) is 0 Å². The average molecular weight is 249 g/mol. The van der Waals surface area contributed by atoms with Gasteiger partial charge in [0, 0.05) is 25.0 Å². The van der Waals surface area contributed by atoms with Crippen LogP contribution in [0, 0.1) is 11.6 Å². The van der Waals surface area contributed by atoms with Crippen molar-refractivity contribution in [2.45, 2.75) is 24.3 Å². The fourth-order valence-electron chi connectivity index (χ4n) is 2.24. The van der Waals surface area contributed by atoms with Crippen molar-refractivity contribution < 1.29 is 22.3 Å². The molecule has 6 heteroatoms. The first-order chi connectivity index (χ1) is 7.77. The summed E-state index contributed by atoms with van der Waals surface area (Å²) in [5.41, 5.74) is 4.02. The number of nitrogens with two attached hydrogens (primary N) is 1. The summed E-state index contributed by atoms with van der Waals surface area (Å²) in [5.74, 6) is -4.83. The summed E-state index contributed by atoms with van der Waals surface area (Å²) in [7, 11) is 1.21. The van der Waals surface area contributed by atoms with Crippen molar-refractivity contribution in [1.82, 2.24) is 0 Å². The Morgan fingerprint density at radius 3 is 2.29 bits per heavy atom. The van der Waals surface area contributed by atoms with Crippen molar-refractivity contribution in [3.8, 4) is 5.75 Å². The van der Waals surface area contributed by atoms with Gasteiger partial charge in [0.15, 0.2) is 0 Å². The summed E-state index contributed by atoms with van der Waals surface area (Å²) in [4.78, 5) is 0. The first-order valence-corrected chi connectivity index (χ1v) is 4.98. The molecular formula is C11H11F4NO. The second-order valence-corrected chi connectivity index (χ2v) is 4.33. The maximum absolute atomic E-state index is 13.6. The number of halogens is 4. The summed E-state index contributed by atoms with van der Waals surface area (Å²) < 4.78 is 57.1. The number of methoxy groups -OCH3 is 1. The number of ether oxygens (including phenoxy) is 1. The summed E-state index contributed by atoms with van der Waals surface area (Å²) in [6.07, 6.45) is -1.34. The minimum Gasteiger partial charge on any atom is -0.496 e. The smallest absolute Gasteiger partial charge is 0.252 e. The highest BCUT2D eigenvalue weighted by atomic mass is 19.3. The van der Waals surface area contributed by atoms with Crippen LogP contribution in [0.4, 0.5) is 17.6 Å². The Bertz CT molecular complexity index is 453. The first-order valence-electron chi connectivity index (χ1n) is 4.98. The molecule has 0 radical (unpaired) electrons. The number of alkyl halides is 2. The van der Waals surface area contributed by atoms with Gasteiger partial charge >= 0.3 is 0 Å². The Labute approximate surface area is 95.4 Å². The molecule has 0 heterocycles. The van der Waals surface area contributed by atoms with E-state index in [9.17, 15) is 17.6 Å². The molecule has 0 spiro atoms. The highest BCUT2D eigenvalue weighted by molar-refractivity contribution is 5.43. The van der Waals surface area contributed by atoms with E-state index in [2.05, 4.69) is 0 Å². The molecular weight excluding hydrogens is 238 g/mol. The maximum atomic E-state index is 13.6. The molecule has 1 fully saturated rings. The first kappa shape index (κ1) is 12.2. The van der Waals surface area contributed by atoms with Gasteiger partial charge in [0.2, 0.25) is 0 Å². The summed E-state index contributed by atoms with van der Waals surface area (Å²) in [6, 6.07) is 1.55. The zero-order valence-corrected chi connectivity index (χ0v) is 9.07. The lowest BCUT2D eigenvalue weighted by Gasteiger charge is -2.45. The quantitative estimate of drug-likeness (QED) is 0.817. The molecule has 2 N–H and O–H groups in total. The zero-order valence-electron chi connectivity index (χ0n) is 9.07. The van der Waals surface area contributed by atoms with Crippen molar-refractivity contribution in [3.05, 3.63) is 29.3 Å². The molecule has 0 saturated heterocycles. The number of hydrogen-bond donors (Lipinski definition) is 1. The van der Waals surface area contributed by atoms with E-state index in [1.54, 1.807) is 0 Å². The van der Waals surface area contributed by atoms with Crippen LogP contribution in [0.2, 0.25) is 0 Å². The van der Waals surface area contributed by atoms with Crippen molar-refractivity contribution in [1.29, 1.82) is 0 Å². The molecule has 0 aliphatic heterocycles. The van der Waals surface area contributed by atoms with Gasteiger partial charge in [-0.05, 0) is 0 Å². The Morgan fingerprint density at radius 2 is 1.82 bits per heavy atom. The predicted octanol–water partition coefficient (Wildman–Crippen LogP) is 2.56. The lowest BCUT2D eigenvalue weighted by Crippen LogP contribution is -2.56. The van der Waals surface area contributed by atoms with Crippen LogP contribution in [0.3, 0.4) is 0 Å². The van der Waals surface area contributed by atoms with Crippen molar-refractivity contribution in [2.24, 2.45) is 5.73 Å². The normalized spacial score (nSPS) is 20.8. The second-order valence-electron chi connectivity index (χ2n) is 4.33. The van der Waals surface area contributed by atoms with Crippen LogP contribution in [0.1, 0.15) is 18.4 Å².